The van der Waals surface area contributed by atoms with Gasteiger partial charge in [-0.25, -0.2) is 4.68 Å². The fraction of sp³-hybridized carbons (Fsp3) is 0.118. The van der Waals surface area contributed by atoms with Crippen LogP contribution in [0.15, 0.2) is 59.8 Å². The molecule has 0 aliphatic heterocycles. The summed E-state index contributed by atoms with van der Waals surface area (Å²) in [7, 11) is 0. The molecule has 3 rings (SSSR count). The first-order chi connectivity index (χ1) is 12.3. The van der Waals surface area contributed by atoms with Gasteiger partial charge in [-0.05, 0) is 40.8 Å². The molecule has 8 heteroatoms. The van der Waals surface area contributed by atoms with Crippen LogP contribution in [-0.2, 0) is 0 Å². The van der Waals surface area contributed by atoms with Crippen LogP contribution in [0.25, 0.3) is 5.69 Å². The predicted molar refractivity (Wildman–Crippen MR) is 94.5 cm³/mol. The molecule has 0 bridgehead atoms. The molecule has 1 aromatic heterocycles. The van der Waals surface area contributed by atoms with Crippen LogP contribution in [0.3, 0.4) is 0 Å². The van der Waals surface area contributed by atoms with E-state index in [9.17, 15) is 4.79 Å². The molecule has 2 aromatic carbocycles. The Morgan fingerprint density at radius 3 is 2.92 bits per heavy atom. The Hall–Kier alpha value is -3.18. The summed E-state index contributed by atoms with van der Waals surface area (Å²) in [5.74, 6) is 0.460. The van der Waals surface area contributed by atoms with Crippen molar-refractivity contribution in [3.8, 4) is 11.8 Å². The number of hydrogen-bond donors (Lipinski definition) is 1. The number of aromatic nitrogens is 4. The van der Waals surface area contributed by atoms with Crippen LogP contribution in [-0.4, -0.2) is 31.9 Å². The lowest BCUT2D eigenvalue weighted by Crippen LogP contribution is -2.13. The Bertz CT molecular complexity index is 904. The van der Waals surface area contributed by atoms with Crippen molar-refractivity contribution in [2.75, 3.05) is 11.1 Å². The van der Waals surface area contributed by atoms with Gasteiger partial charge in [0, 0.05) is 22.6 Å². The number of nitrogens with one attached hydrogen (secondary N) is 1. The number of benzene rings is 2. The molecule has 0 unspecified atom stereocenters. The number of hydrogen-bond acceptors (Lipinski definition) is 6. The van der Waals surface area contributed by atoms with Crippen molar-refractivity contribution in [2.24, 2.45) is 0 Å². The average molecular weight is 350 g/mol. The fourth-order valence-electron chi connectivity index (χ4n) is 2.17. The lowest BCUT2D eigenvalue weighted by molar-refractivity contribution is 0.102. The van der Waals surface area contributed by atoms with Crippen molar-refractivity contribution in [1.82, 2.24) is 20.2 Å². The summed E-state index contributed by atoms with van der Waals surface area (Å²) < 4.78 is 1.49. The first-order valence-electron chi connectivity index (χ1n) is 7.51. The summed E-state index contributed by atoms with van der Waals surface area (Å²) in [5, 5.41) is 22.6. The van der Waals surface area contributed by atoms with Gasteiger partial charge in [-0.3, -0.25) is 4.79 Å². The minimum Gasteiger partial charge on any atom is -0.321 e. The van der Waals surface area contributed by atoms with Crippen molar-refractivity contribution < 1.29 is 4.79 Å². The summed E-state index contributed by atoms with van der Waals surface area (Å²) in [6.45, 7) is 0. The Labute approximate surface area is 148 Å². The van der Waals surface area contributed by atoms with Crippen LogP contribution < -0.4 is 5.32 Å². The number of carbonyl (C=O) groups excluding carboxylic acids is 1. The summed E-state index contributed by atoms with van der Waals surface area (Å²) in [6, 6.07) is 16.7. The highest BCUT2D eigenvalue weighted by Gasteiger charge is 2.10. The number of carbonyl (C=O) groups is 1. The summed E-state index contributed by atoms with van der Waals surface area (Å²) in [6.07, 6.45) is 1.93. The van der Waals surface area contributed by atoms with Crippen LogP contribution in [0.5, 0.6) is 0 Å². The van der Waals surface area contributed by atoms with Crippen molar-refractivity contribution >= 4 is 23.4 Å². The molecule has 1 heterocycles. The SMILES string of the molecule is N#CCCSc1ccccc1NC(=O)c1cccc(-n2cnnn2)c1. The van der Waals surface area contributed by atoms with Gasteiger partial charge in [0.25, 0.3) is 5.91 Å². The Balaban J connectivity index is 1.77. The smallest absolute Gasteiger partial charge is 0.255 e. The largest absolute Gasteiger partial charge is 0.321 e. The first-order valence-corrected chi connectivity index (χ1v) is 8.50. The fourth-order valence-corrected chi connectivity index (χ4v) is 3.03. The zero-order valence-corrected chi connectivity index (χ0v) is 14.0. The number of tetrazole rings is 1. The quantitative estimate of drug-likeness (QED) is 0.542. The van der Waals surface area contributed by atoms with E-state index in [1.54, 1.807) is 30.0 Å². The van der Waals surface area contributed by atoms with Gasteiger partial charge < -0.3 is 5.32 Å². The van der Waals surface area contributed by atoms with E-state index < -0.39 is 0 Å². The van der Waals surface area contributed by atoms with E-state index in [0.29, 0.717) is 23.4 Å². The molecular weight excluding hydrogens is 336 g/mol. The van der Waals surface area contributed by atoms with Gasteiger partial charge in [0.1, 0.15) is 6.33 Å². The highest BCUT2D eigenvalue weighted by Crippen LogP contribution is 2.27. The molecule has 25 heavy (non-hydrogen) atoms. The second-order valence-corrected chi connectivity index (χ2v) is 6.15. The molecule has 0 spiro atoms. The standard InChI is InChI=1S/C17H14N6OS/c18-9-4-10-25-16-8-2-1-7-15(16)20-17(24)13-5-3-6-14(11-13)23-12-19-21-22-23/h1-3,5-8,11-12H,4,10H2,(H,20,24). The first kappa shape index (κ1) is 16.7. The van der Waals surface area contributed by atoms with E-state index in [2.05, 4.69) is 26.9 Å². The zero-order chi connectivity index (χ0) is 17.5. The topological polar surface area (TPSA) is 96.5 Å². The third-order valence-electron chi connectivity index (χ3n) is 3.33. The highest BCUT2D eigenvalue weighted by atomic mass is 32.2. The molecule has 3 aromatic rings. The number of para-hydroxylation sites is 1. The second-order valence-electron chi connectivity index (χ2n) is 5.01. The molecule has 124 valence electrons. The molecule has 0 saturated carbocycles. The van der Waals surface area contributed by atoms with Gasteiger partial charge in [0.05, 0.1) is 17.4 Å². The van der Waals surface area contributed by atoms with Gasteiger partial charge in [0.2, 0.25) is 0 Å². The van der Waals surface area contributed by atoms with Crippen LogP contribution in [0.2, 0.25) is 0 Å². The molecule has 0 aliphatic carbocycles. The number of amides is 1. The van der Waals surface area contributed by atoms with E-state index >= 15 is 0 Å². The monoisotopic (exact) mass is 350 g/mol. The zero-order valence-electron chi connectivity index (χ0n) is 13.2. The van der Waals surface area contributed by atoms with Crippen molar-refractivity contribution in [2.45, 2.75) is 11.3 Å². The van der Waals surface area contributed by atoms with Crippen molar-refractivity contribution in [1.29, 1.82) is 5.26 Å². The van der Waals surface area contributed by atoms with Crippen LogP contribution in [0.4, 0.5) is 5.69 Å². The molecular formula is C17H14N6OS. The molecule has 0 aliphatic rings. The third-order valence-corrected chi connectivity index (χ3v) is 4.40. The summed E-state index contributed by atoms with van der Waals surface area (Å²) in [5.41, 5.74) is 1.93. The van der Waals surface area contributed by atoms with Crippen LogP contribution in [0.1, 0.15) is 16.8 Å². The minimum absolute atomic E-state index is 0.219. The minimum atomic E-state index is -0.219. The van der Waals surface area contributed by atoms with Crippen molar-refractivity contribution in [3.05, 3.63) is 60.4 Å². The number of rotatable bonds is 6. The third kappa shape index (κ3) is 4.22. The number of thioether (sulfide) groups is 1. The number of nitrogens with zero attached hydrogens (tertiary/aromatic N) is 5. The lowest BCUT2D eigenvalue weighted by atomic mass is 10.2. The van der Waals surface area contributed by atoms with E-state index in [4.69, 9.17) is 5.26 Å². The van der Waals surface area contributed by atoms with Gasteiger partial charge >= 0.3 is 0 Å². The predicted octanol–water partition coefficient (Wildman–Crippen LogP) is 2.92. The van der Waals surface area contributed by atoms with E-state index in [1.165, 1.54) is 11.0 Å². The molecule has 7 nitrogen and oxygen atoms in total. The second kappa shape index (κ2) is 8.08. The highest BCUT2D eigenvalue weighted by molar-refractivity contribution is 7.99. The number of nitriles is 1. The summed E-state index contributed by atoms with van der Waals surface area (Å²) in [4.78, 5) is 13.5. The van der Waals surface area contributed by atoms with Crippen LogP contribution >= 0.6 is 11.8 Å². The van der Waals surface area contributed by atoms with E-state index in [1.807, 2.05) is 30.3 Å². The Morgan fingerprint density at radius 1 is 1.24 bits per heavy atom. The molecule has 1 amide bonds. The molecule has 0 atom stereocenters. The number of anilines is 1. The maximum atomic E-state index is 12.6. The summed E-state index contributed by atoms with van der Waals surface area (Å²) >= 11 is 1.54. The molecule has 0 radical (unpaired) electrons. The molecule has 0 saturated heterocycles. The Morgan fingerprint density at radius 2 is 2.12 bits per heavy atom. The van der Waals surface area contributed by atoms with Gasteiger partial charge in [-0.2, -0.15) is 5.26 Å². The normalized spacial score (nSPS) is 10.2. The van der Waals surface area contributed by atoms with Gasteiger partial charge in [-0.1, -0.05) is 18.2 Å². The molecule has 1 N–H and O–H groups in total. The lowest BCUT2D eigenvalue weighted by Gasteiger charge is -2.11. The maximum absolute atomic E-state index is 12.6. The van der Waals surface area contributed by atoms with E-state index in [0.717, 1.165) is 10.6 Å². The molecule has 0 fully saturated rings. The van der Waals surface area contributed by atoms with Gasteiger partial charge in [-0.15, -0.1) is 16.9 Å². The van der Waals surface area contributed by atoms with Gasteiger partial charge in [0.15, 0.2) is 0 Å². The Kier molecular flexibility index (Phi) is 5.39. The maximum Gasteiger partial charge on any atom is 0.255 e. The average Bonchev–Trinajstić information content (AvgIpc) is 3.18. The van der Waals surface area contributed by atoms with E-state index in [-0.39, 0.29) is 5.91 Å². The van der Waals surface area contributed by atoms with Crippen molar-refractivity contribution in [3.63, 3.8) is 0 Å². The van der Waals surface area contributed by atoms with Crippen LogP contribution in [0, 0.1) is 11.3 Å².